The van der Waals surface area contributed by atoms with Crippen LogP contribution in [-0.4, -0.2) is 59.9 Å². The molecule has 186 valence electrons. The number of hydrogen-bond donors (Lipinski definition) is 1. The molecule has 0 saturated carbocycles. The van der Waals surface area contributed by atoms with Crippen molar-refractivity contribution in [1.29, 1.82) is 0 Å². The van der Waals surface area contributed by atoms with Gasteiger partial charge < -0.3 is 10.2 Å². The molecule has 5 nitrogen and oxygen atoms in total. The normalized spacial score (nSPS) is 26.1. The van der Waals surface area contributed by atoms with Crippen molar-refractivity contribution in [2.24, 2.45) is 11.8 Å². The van der Waals surface area contributed by atoms with E-state index in [9.17, 15) is 9.59 Å². The zero-order chi connectivity index (χ0) is 24.0. The number of rotatable bonds is 8. The van der Waals surface area contributed by atoms with Gasteiger partial charge in [0, 0.05) is 37.2 Å². The summed E-state index contributed by atoms with van der Waals surface area (Å²) >= 11 is 0. The minimum atomic E-state index is 0.124. The average Bonchev–Trinajstić information content (AvgIpc) is 2.90. The minimum absolute atomic E-state index is 0.124. The third-order valence-corrected chi connectivity index (χ3v) is 8.44. The molecule has 2 aromatic rings. The molecule has 2 amide bonds. The Bertz CT molecular complexity index is 978. The molecule has 3 aliphatic rings. The summed E-state index contributed by atoms with van der Waals surface area (Å²) in [4.78, 5) is 31.1. The summed E-state index contributed by atoms with van der Waals surface area (Å²) < 4.78 is 0. The third kappa shape index (κ3) is 5.61. The zero-order valence-corrected chi connectivity index (χ0v) is 20.8. The molecule has 0 radical (unpaired) electrons. The van der Waals surface area contributed by atoms with Crippen molar-refractivity contribution >= 4 is 11.8 Å². The van der Waals surface area contributed by atoms with E-state index >= 15 is 0 Å². The monoisotopic (exact) mass is 473 g/mol. The van der Waals surface area contributed by atoms with Gasteiger partial charge in [-0.05, 0) is 87.6 Å². The van der Waals surface area contributed by atoms with Gasteiger partial charge in [-0.2, -0.15) is 0 Å². The van der Waals surface area contributed by atoms with Crippen molar-refractivity contribution in [3.63, 3.8) is 0 Å². The SMILES string of the molecule is O=C(CCC[C@@H]1[C@H]2CCCN3CCC[C@@H](CN1C(=O)c1ccccc1)[C@@H]23)NCCc1ccccc1. The number of amides is 2. The van der Waals surface area contributed by atoms with Crippen LogP contribution in [0.4, 0.5) is 0 Å². The van der Waals surface area contributed by atoms with E-state index in [1.165, 1.54) is 44.3 Å². The third-order valence-electron chi connectivity index (χ3n) is 8.44. The Morgan fingerprint density at radius 2 is 1.63 bits per heavy atom. The predicted octanol–water partition coefficient (Wildman–Crippen LogP) is 4.53. The van der Waals surface area contributed by atoms with Crippen molar-refractivity contribution in [3.05, 3.63) is 71.8 Å². The van der Waals surface area contributed by atoms with Crippen LogP contribution in [0.15, 0.2) is 60.7 Å². The highest BCUT2D eigenvalue weighted by Gasteiger charge is 2.49. The number of likely N-dealkylation sites (tertiary alicyclic amines) is 1. The van der Waals surface area contributed by atoms with Crippen molar-refractivity contribution in [2.75, 3.05) is 26.2 Å². The van der Waals surface area contributed by atoms with Gasteiger partial charge in [0.05, 0.1) is 0 Å². The number of carbonyl (C=O) groups is 2. The standard InChI is InChI=1S/C30H39N3O2/c34-28(31-19-18-23-10-3-1-4-11-23)17-7-16-27-26-15-9-21-32-20-8-14-25(29(26)32)22-33(27)30(35)24-12-5-2-6-13-24/h1-6,10-13,25-27,29H,7-9,14-22H2,(H,31,34)/t25-,26+,27+,29-/m0/s1. The topological polar surface area (TPSA) is 52.7 Å². The van der Waals surface area contributed by atoms with Crippen LogP contribution < -0.4 is 5.32 Å². The van der Waals surface area contributed by atoms with Crippen molar-refractivity contribution in [2.45, 2.75) is 63.5 Å². The van der Waals surface area contributed by atoms with Crippen LogP contribution in [-0.2, 0) is 11.2 Å². The lowest BCUT2D eigenvalue weighted by Crippen LogP contribution is -2.65. The van der Waals surface area contributed by atoms with Crippen molar-refractivity contribution < 1.29 is 9.59 Å². The molecule has 0 bridgehead atoms. The van der Waals surface area contributed by atoms with E-state index in [4.69, 9.17) is 0 Å². The molecule has 0 aromatic heterocycles. The number of hydrogen-bond acceptors (Lipinski definition) is 3. The average molecular weight is 474 g/mol. The van der Waals surface area contributed by atoms with E-state index in [0.717, 1.165) is 31.4 Å². The summed E-state index contributed by atoms with van der Waals surface area (Å²) in [5.74, 6) is 1.40. The van der Waals surface area contributed by atoms with Crippen molar-refractivity contribution in [3.8, 4) is 0 Å². The lowest BCUT2D eigenvalue weighted by atomic mass is 9.69. The van der Waals surface area contributed by atoms with E-state index in [-0.39, 0.29) is 17.9 Å². The highest BCUT2D eigenvalue weighted by Crippen LogP contribution is 2.43. The van der Waals surface area contributed by atoms with E-state index in [1.54, 1.807) is 0 Å². The minimum Gasteiger partial charge on any atom is -0.356 e. The van der Waals surface area contributed by atoms with Crippen LogP contribution in [0, 0.1) is 11.8 Å². The molecular weight excluding hydrogens is 434 g/mol. The first-order valence-corrected chi connectivity index (χ1v) is 13.6. The Kier molecular flexibility index (Phi) is 7.82. The largest absolute Gasteiger partial charge is 0.356 e. The molecule has 2 aromatic carbocycles. The van der Waals surface area contributed by atoms with E-state index in [1.807, 2.05) is 48.5 Å². The second-order valence-corrected chi connectivity index (χ2v) is 10.6. The van der Waals surface area contributed by atoms with Crippen LogP contribution in [0.2, 0.25) is 0 Å². The van der Waals surface area contributed by atoms with Crippen LogP contribution in [0.25, 0.3) is 0 Å². The molecule has 3 fully saturated rings. The van der Waals surface area contributed by atoms with Gasteiger partial charge in [0.15, 0.2) is 0 Å². The van der Waals surface area contributed by atoms with Crippen LogP contribution in [0.5, 0.6) is 0 Å². The first-order valence-electron chi connectivity index (χ1n) is 13.6. The molecule has 1 N–H and O–H groups in total. The molecule has 35 heavy (non-hydrogen) atoms. The number of carbonyl (C=O) groups excluding carboxylic acids is 2. The second kappa shape index (κ2) is 11.4. The molecule has 3 heterocycles. The Morgan fingerprint density at radius 3 is 2.40 bits per heavy atom. The maximum absolute atomic E-state index is 13.7. The lowest BCUT2D eigenvalue weighted by Gasteiger charge is -2.57. The molecular formula is C30H39N3O2. The maximum atomic E-state index is 13.7. The number of nitrogens with one attached hydrogen (secondary N) is 1. The highest BCUT2D eigenvalue weighted by molar-refractivity contribution is 5.94. The first kappa shape index (κ1) is 24.1. The highest BCUT2D eigenvalue weighted by atomic mass is 16.2. The number of nitrogens with zero attached hydrogens (tertiary/aromatic N) is 2. The molecule has 4 atom stereocenters. The van der Waals surface area contributed by atoms with Crippen molar-refractivity contribution in [1.82, 2.24) is 15.1 Å². The molecule has 0 spiro atoms. The quantitative estimate of drug-likeness (QED) is 0.613. The summed E-state index contributed by atoms with van der Waals surface area (Å²) in [6.07, 6.45) is 8.02. The van der Waals surface area contributed by atoms with Gasteiger partial charge in [0.2, 0.25) is 5.91 Å². The fourth-order valence-corrected chi connectivity index (χ4v) is 6.90. The van der Waals surface area contributed by atoms with Gasteiger partial charge in [0.1, 0.15) is 0 Å². The van der Waals surface area contributed by atoms with Gasteiger partial charge in [-0.1, -0.05) is 48.5 Å². The Hall–Kier alpha value is -2.66. The van der Waals surface area contributed by atoms with Gasteiger partial charge in [-0.25, -0.2) is 0 Å². The molecule has 5 heteroatoms. The zero-order valence-electron chi connectivity index (χ0n) is 20.8. The predicted molar refractivity (Wildman–Crippen MR) is 139 cm³/mol. The molecule has 5 rings (SSSR count). The van der Waals surface area contributed by atoms with Gasteiger partial charge in [0.25, 0.3) is 5.91 Å². The van der Waals surface area contributed by atoms with Crippen LogP contribution >= 0.6 is 0 Å². The summed E-state index contributed by atoms with van der Waals surface area (Å²) in [6, 6.07) is 20.9. The Morgan fingerprint density at radius 1 is 0.914 bits per heavy atom. The first-order chi connectivity index (χ1) is 17.2. The second-order valence-electron chi connectivity index (χ2n) is 10.6. The summed E-state index contributed by atoms with van der Waals surface area (Å²) in [7, 11) is 0. The Labute approximate surface area is 209 Å². The summed E-state index contributed by atoms with van der Waals surface area (Å²) in [5.41, 5.74) is 2.03. The van der Waals surface area contributed by atoms with Crippen LogP contribution in [0.3, 0.4) is 0 Å². The van der Waals surface area contributed by atoms with E-state index in [0.29, 0.717) is 30.8 Å². The number of piperidine rings is 3. The smallest absolute Gasteiger partial charge is 0.254 e. The maximum Gasteiger partial charge on any atom is 0.254 e. The van der Waals surface area contributed by atoms with E-state index < -0.39 is 0 Å². The molecule has 3 saturated heterocycles. The fourth-order valence-electron chi connectivity index (χ4n) is 6.90. The molecule has 0 unspecified atom stereocenters. The van der Waals surface area contributed by atoms with Gasteiger partial charge in [-0.15, -0.1) is 0 Å². The summed E-state index contributed by atoms with van der Waals surface area (Å²) in [6.45, 7) is 3.95. The van der Waals surface area contributed by atoms with Crippen LogP contribution in [0.1, 0.15) is 60.9 Å². The summed E-state index contributed by atoms with van der Waals surface area (Å²) in [5, 5.41) is 3.09. The molecule has 0 aliphatic carbocycles. The Balaban J connectivity index is 1.22. The molecule has 3 aliphatic heterocycles. The lowest BCUT2D eigenvalue weighted by molar-refractivity contribution is -0.121. The van der Waals surface area contributed by atoms with Gasteiger partial charge >= 0.3 is 0 Å². The fraction of sp³-hybridized carbons (Fsp3) is 0.533. The van der Waals surface area contributed by atoms with Gasteiger partial charge in [-0.3, -0.25) is 14.5 Å². The number of benzene rings is 2. The van der Waals surface area contributed by atoms with E-state index in [2.05, 4.69) is 27.2 Å².